The number of nitrogens with zero attached hydrogens (tertiary/aromatic N) is 2. The summed E-state index contributed by atoms with van der Waals surface area (Å²) in [5.41, 5.74) is 0.874. The van der Waals surface area contributed by atoms with E-state index in [1.807, 2.05) is 24.4 Å². The van der Waals surface area contributed by atoms with Gasteiger partial charge in [0.15, 0.2) is 6.04 Å². The van der Waals surface area contributed by atoms with Gasteiger partial charge in [-0.1, -0.05) is 6.07 Å². The van der Waals surface area contributed by atoms with Crippen molar-refractivity contribution in [1.29, 1.82) is 0 Å². The number of pyridine rings is 1. The largest absolute Gasteiger partial charge is 0.465 e. The zero-order valence-electron chi connectivity index (χ0n) is 16.3. The summed E-state index contributed by atoms with van der Waals surface area (Å²) < 4.78 is 4.68. The lowest BCUT2D eigenvalue weighted by Crippen LogP contribution is -3.19. The van der Waals surface area contributed by atoms with Crippen LogP contribution in [0.15, 0.2) is 48.7 Å². The van der Waals surface area contributed by atoms with Crippen LogP contribution in [-0.4, -0.2) is 57.1 Å². The fourth-order valence-corrected chi connectivity index (χ4v) is 4.05. The lowest BCUT2D eigenvalue weighted by atomic mass is 10.1. The Morgan fingerprint density at radius 2 is 1.83 bits per heavy atom. The first-order chi connectivity index (χ1) is 14.1. The number of aromatic nitrogens is 1. The SMILES string of the molecule is COC(=O)c1ccc(N2C(=O)C[C@H]([NH+]3CCN(c4cccc[nH+]4)CC3)C2=O)cc1. The second kappa shape index (κ2) is 8.00. The average molecular weight is 396 g/mol. The second-order valence-electron chi connectivity index (χ2n) is 7.26. The van der Waals surface area contributed by atoms with Gasteiger partial charge in [0.2, 0.25) is 5.91 Å². The Labute approximate surface area is 168 Å². The number of amides is 2. The van der Waals surface area contributed by atoms with Crippen LogP contribution in [0.5, 0.6) is 0 Å². The molecule has 8 heteroatoms. The molecule has 29 heavy (non-hydrogen) atoms. The Morgan fingerprint density at radius 1 is 1.10 bits per heavy atom. The van der Waals surface area contributed by atoms with E-state index in [4.69, 9.17) is 0 Å². The van der Waals surface area contributed by atoms with Crippen LogP contribution in [-0.2, 0) is 14.3 Å². The van der Waals surface area contributed by atoms with Gasteiger partial charge in [0.05, 0.1) is 31.0 Å². The number of imide groups is 1. The molecule has 0 spiro atoms. The summed E-state index contributed by atoms with van der Waals surface area (Å²) >= 11 is 0. The summed E-state index contributed by atoms with van der Waals surface area (Å²) in [4.78, 5) is 45.1. The molecule has 0 bridgehead atoms. The monoisotopic (exact) mass is 396 g/mol. The third-order valence-corrected chi connectivity index (χ3v) is 5.63. The van der Waals surface area contributed by atoms with Crippen molar-refractivity contribution < 1.29 is 29.0 Å². The van der Waals surface area contributed by atoms with Crippen molar-refractivity contribution in [2.75, 3.05) is 43.1 Å². The molecule has 0 aliphatic carbocycles. The predicted octanol–water partition coefficient (Wildman–Crippen LogP) is -0.676. The molecule has 2 aliphatic rings. The van der Waals surface area contributed by atoms with Crippen molar-refractivity contribution in [3.63, 3.8) is 0 Å². The predicted molar refractivity (Wildman–Crippen MR) is 105 cm³/mol. The Morgan fingerprint density at radius 3 is 2.45 bits per heavy atom. The fourth-order valence-electron chi connectivity index (χ4n) is 4.05. The number of ether oxygens (including phenoxy) is 1. The number of nitrogens with one attached hydrogen (secondary N) is 2. The second-order valence-corrected chi connectivity index (χ2v) is 7.26. The van der Waals surface area contributed by atoms with Crippen molar-refractivity contribution in [1.82, 2.24) is 0 Å². The molecule has 1 aromatic carbocycles. The summed E-state index contributed by atoms with van der Waals surface area (Å²) in [5.74, 6) is 0.242. The molecule has 0 unspecified atom stereocenters. The van der Waals surface area contributed by atoms with Crippen LogP contribution < -0.4 is 19.7 Å². The minimum atomic E-state index is -0.452. The lowest BCUT2D eigenvalue weighted by molar-refractivity contribution is -0.915. The summed E-state index contributed by atoms with van der Waals surface area (Å²) in [6.07, 6.45) is 2.11. The molecule has 2 fully saturated rings. The standard InChI is InChI=1S/C21H22N4O4/c1-29-21(28)15-5-7-16(8-6-15)25-19(26)14-17(20(25)27)23-10-12-24(13-11-23)18-4-2-3-9-22-18/h2-9,17H,10-14H2,1H3/p+2/t17-/m0/s1. The van der Waals surface area contributed by atoms with Gasteiger partial charge in [-0.15, -0.1) is 0 Å². The maximum absolute atomic E-state index is 13.0. The van der Waals surface area contributed by atoms with Crippen molar-refractivity contribution in [2.45, 2.75) is 12.5 Å². The number of esters is 1. The highest BCUT2D eigenvalue weighted by molar-refractivity contribution is 6.22. The highest BCUT2D eigenvalue weighted by Crippen LogP contribution is 2.23. The van der Waals surface area contributed by atoms with Crippen molar-refractivity contribution in [2.24, 2.45) is 0 Å². The van der Waals surface area contributed by atoms with E-state index in [1.165, 1.54) is 12.0 Å². The van der Waals surface area contributed by atoms with E-state index in [2.05, 4.69) is 14.6 Å². The number of rotatable bonds is 4. The Kier molecular flexibility index (Phi) is 5.26. The number of hydrogen-bond acceptors (Lipinski definition) is 5. The third-order valence-electron chi connectivity index (χ3n) is 5.63. The van der Waals surface area contributed by atoms with E-state index >= 15 is 0 Å². The Balaban J connectivity index is 1.43. The number of anilines is 2. The molecule has 2 aromatic rings. The minimum Gasteiger partial charge on any atom is -0.465 e. The smallest absolute Gasteiger partial charge is 0.337 e. The van der Waals surface area contributed by atoms with Crippen LogP contribution in [0.25, 0.3) is 0 Å². The summed E-state index contributed by atoms with van der Waals surface area (Å²) in [6, 6.07) is 12.0. The Bertz CT molecular complexity index is 908. The first-order valence-electron chi connectivity index (χ1n) is 9.70. The number of hydrogen-bond donors (Lipinski definition) is 1. The van der Waals surface area contributed by atoms with Crippen LogP contribution >= 0.6 is 0 Å². The molecule has 4 rings (SSSR count). The van der Waals surface area contributed by atoms with Gasteiger partial charge in [0, 0.05) is 6.07 Å². The number of H-pyrrole nitrogens is 1. The van der Waals surface area contributed by atoms with E-state index in [1.54, 1.807) is 24.3 Å². The summed E-state index contributed by atoms with van der Waals surface area (Å²) in [5, 5.41) is 0. The van der Waals surface area contributed by atoms with Crippen LogP contribution in [0.2, 0.25) is 0 Å². The lowest BCUT2D eigenvalue weighted by Gasteiger charge is -2.31. The minimum absolute atomic E-state index is 0.171. The normalized spacial score (nSPS) is 20.2. The van der Waals surface area contributed by atoms with Gasteiger partial charge in [0.1, 0.15) is 26.2 Å². The van der Waals surface area contributed by atoms with Gasteiger partial charge in [-0.25, -0.2) is 14.7 Å². The van der Waals surface area contributed by atoms with Crippen molar-refractivity contribution in [3.05, 3.63) is 54.2 Å². The summed E-state index contributed by atoms with van der Waals surface area (Å²) in [6.45, 7) is 3.23. The van der Waals surface area contributed by atoms with Gasteiger partial charge in [-0.3, -0.25) is 14.5 Å². The molecule has 150 valence electrons. The number of quaternary nitrogens is 1. The molecular formula is C21H24N4O4+2. The van der Waals surface area contributed by atoms with Crippen molar-refractivity contribution in [3.8, 4) is 0 Å². The quantitative estimate of drug-likeness (QED) is 0.547. The first kappa shape index (κ1) is 19.1. The number of piperazine rings is 1. The third kappa shape index (κ3) is 3.71. The molecule has 3 heterocycles. The molecule has 1 aromatic heterocycles. The van der Waals surface area contributed by atoms with Gasteiger partial charge in [-0.2, -0.15) is 0 Å². The van der Waals surface area contributed by atoms with Gasteiger partial charge in [-0.05, 0) is 30.3 Å². The van der Waals surface area contributed by atoms with Crippen LogP contribution in [0, 0.1) is 0 Å². The molecular weight excluding hydrogens is 372 g/mol. The molecule has 0 radical (unpaired) electrons. The molecule has 1 atom stereocenters. The molecule has 8 nitrogen and oxygen atoms in total. The molecule has 0 saturated carbocycles. The topological polar surface area (TPSA) is 85.5 Å². The molecule has 2 amide bonds. The number of carbonyl (C=O) groups excluding carboxylic acids is 3. The first-order valence-corrected chi connectivity index (χ1v) is 9.70. The average Bonchev–Trinajstić information content (AvgIpc) is 3.08. The zero-order chi connectivity index (χ0) is 20.4. The number of carbonyl (C=O) groups is 3. The number of methoxy groups -OCH3 is 1. The van der Waals surface area contributed by atoms with Crippen LogP contribution in [0.1, 0.15) is 16.8 Å². The van der Waals surface area contributed by atoms with E-state index in [0.717, 1.165) is 36.9 Å². The van der Waals surface area contributed by atoms with Crippen molar-refractivity contribution >= 4 is 29.3 Å². The highest BCUT2D eigenvalue weighted by Gasteiger charge is 2.47. The zero-order valence-corrected chi connectivity index (χ0v) is 16.3. The Hall–Kier alpha value is -3.26. The number of benzene rings is 1. The maximum Gasteiger partial charge on any atom is 0.337 e. The van der Waals surface area contributed by atoms with Crippen LogP contribution in [0.4, 0.5) is 11.5 Å². The van der Waals surface area contributed by atoms with Gasteiger partial charge in [0.25, 0.3) is 11.7 Å². The van der Waals surface area contributed by atoms with Gasteiger partial charge < -0.3 is 9.64 Å². The molecule has 2 saturated heterocycles. The number of aromatic amines is 1. The maximum atomic E-state index is 13.0. The van der Waals surface area contributed by atoms with E-state index in [9.17, 15) is 14.4 Å². The van der Waals surface area contributed by atoms with Gasteiger partial charge >= 0.3 is 5.97 Å². The highest BCUT2D eigenvalue weighted by atomic mass is 16.5. The van der Waals surface area contributed by atoms with E-state index in [-0.39, 0.29) is 24.3 Å². The molecule has 2 aliphatic heterocycles. The van der Waals surface area contributed by atoms with Crippen LogP contribution in [0.3, 0.4) is 0 Å². The molecule has 2 N–H and O–H groups in total. The van der Waals surface area contributed by atoms with E-state index < -0.39 is 5.97 Å². The summed E-state index contributed by atoms with van der Waals surface area (Å²) in [7, 11) is 1.31. The van der Waals surface area contributed by atoms with E-state index in [0.29, 0.717) is 11.3 Å². The fraction of sp³-hybridized carbons (Fsp3) is 0.333.